The zero-order chi connectivity index (χ0) is 16.4. The summed E-state index contributed by atoms with van der Waals surface area (Å²) in [6, 6.07) is 12.1. The number of Topliss-reactive ketones (excluding diaryl/α,β-unsaturated/α-hetero) is 1. The van der Waals surface area contributed by atoms with Crippen LogP contribution in [0.5, 0.6) is 0 Å². The standard InChI is InChI=1S/C19H20N4O/c24-17(19-21-12-15-9-10-20-18(15)22-19)16-8-4-5-11-23(16)13-14-6-2-1-3-7-14/h1-3,6-7,9-10,12,16H,4-5,8,11,13H2,(H,20,21,22). The fraction of sp³-hybridized carbons (Fsp3) is 0.316. The van der Waals surface area contributed by atoms with E-state index in [4.69, 9.17) is 0 Å². The number of piperidine rings is 1. The van der Waals surface area contributed by atoms with E-state index < -0.39 is 0 Å². The van der Waals surface area contributed by atoms with Gasteiger partial charge < -0.3 is 4.98 Å². The minimum Gasteiger partial charge on any atom is -0.346 e. The molecule has 2 aromatic heterocycles. The van der Waals surface area contributed by atoms with Crippen LogP contribution in [0, 0.1) is 0 Å². The van der Waals surface area contributed by atoms with E-state index in [1.807, 2.05) is 30.5 Å². The Labute approximate surface area is 140 Å². The summed E-state index contributed by atoms with van der Waals surface area (Å²) in [5, 5.41) is 0.927. The number of hydrogen-bond acceptors (Lipinski definition) is 4. The van der Waals surface area contributed by atoms with Crippen molar-refractivity contribution in [1.29, 1.82) is 0 Å². The summed E-state index contributed by atoms with van der Waals surface area (Å²) < 4.78 is 0. The lowest BCUT2D eigenvalue weighted by Gasteiger charge is -2.34. The van der Waals surface area contributed by atoms with Crippen LogP contribution in [-0.2, 0) is 6.54 Å². The van der Waals surface area contributed by atoms with Crippen LogP contribution in [0.1, 0.15) is 35.4 Å². The molecule has 24 heavy (non-hydrogen) atoms. The smallest absolute Gasteiger partial charge is 0.217 e. The Bertz CT molecular complexity index is 843. The predicted molar refractivity (Wildman–Crippen MR) is 92.7 cm³/mol. The number of carbonyl (C=O) groups is 1. The van der Waals surface area contributed by atoms with Gasteiger partial charge in [0.15, 0.2) is 5.82 Å². The molecule has 3 heterocycles. The van der Waals surface area contributed by atoms with E-state index in [-0.39, 0.29) is 11.8 Å². The molecule has 122 valence electrons. The molecule has 3 aromatic rings. The molecule has 1 N–H and O–H groups in total. The lowest BCUT2D eigenvalue weighted by atomic mass is 9.97. The van der Waals surface area contributed by atoms with Gasteiger partial charge >= 0.3 is 0 Å². The summed E-state index contributed by atoms with van der Waals surface area (Å²) in [6.45, 7) is 1.73. The fourth-order valence-corrected chi connectivity index (χ4v) is 3.40. The molecule has 0 saturated carbocycles. The van der Waals surface area contributed by atoms with Gasteiger partial charge in [-0.15, -0.1) is 0 Å². The lowest BCUT2D eigenvalue weighted by molar-refractivity contribution is 0.0719. The molecular formula is C19H20N4O. The molecule has 0 radical (unpaired) electrons. The zero-order valence-corrected chi connectivity index (χ0v) is 13.5. The monoisotopic (exact) mass is 320 g/mol. The van der Waals surface area contributed by atoms with Crippen LogP contribution < -0.4 is 0 Å². The molecule has 0 spiro atoms. The molecule has 1 aromatic carbocycles. The number of aromatic amines is 1. The van der Waals surface area contributed by atoms with Gasteiger partial charge in [0.1, 0.15) is 5.65 Å². The van der Waals surface area contributed by atoms with Crippen LogP contribution in [0.15, 0.2) is 48.8 Å². The van der Waals surface area contributed by atoms with Crippen LogP contribution in [0.2, 0.25) is 0 Å². The Balaban J connectivity index is 1.58. The summed E-state index contributed by atoms with van der Waals surface area (Å²) in [5.74, 6) is 0.344. The first kappa shape index (κ1) is 15.0. The fourth-order valence-electron chi connectivity index (χ4n) is 3.40. The average molecular weight is 320 g/mol. The van der Waals surface area contributed by atoms with Crippen molar-refractivity contribution in [2.75, 3.05) is 6.54 Å². The van der Waals surface area contributed by atoms with Gasteiger partial charge in [-0.25, -0.2) is 9.97 Å². The predicted octanol–water partition coefficient (Wildman–Crippen LogP) is 3.20. The van der Waals surface area contributed by atoms with E-state index in [1.54, 1.807) is 6.20 Å². The van der Waals surface area contributed by atoms with E-state index in [1.165, 1.54) is 5.56 Å². The normalized spacial score (nSPS) is 18.8. The first-order valence-corrected chi connectivity index (χ1v) is 8.43. The van der Waals surface area contributed by atoms with Crippen molar-refractivity contribution in [3.63, 3.8) is 0 Å². The Morgan fingerprint density at radius 3 is 2.96 bits per heavy atom. The highest BCUT2D eigenvalue weighted by Crippen LogP contribution is 2.22. The molecule has 1 unspecified atom stereocenters. The van der Waals surface area contributed by atoms with Crippen molar-refractivity contribution in [2.45, 2.75) is 31.8 Å². The van der Waals surface area contributed by atoms with Crippen LogP contribution in [0.25, 0.3) is 11.0 Å². The Morgan fingerprint density at radius 1 is 1.21 bits per heavy atom. The maximum atomic E-state index is 13.0. The van der Waals surface area contributed by atoms with Gasteiger partial charge in [-0.2, -0.15) is 0 Å². The molecule has 1 fully saturated rings. The molecule has 1 saturated heterocycles. The summed E-state index contributed by atoms with van der Waals surface area (Å²) in [4.78, 5) is 27.0. The highest BCUT2D eigenvalue weighted by Gasteiger charge is 2.31. The van der Waals surface area contributed by atoms with Crippen molar-refractivity contribution in [2.24, 2.45) is 0 Å². The topological polar surface area (TPSA) is 61.9 Å². The number of hydrogen-bond donors (Lipinski definition) is 1. The number of nitrogens with one attached hydrogen (secondary N) is 1. The zero-order valence-electron chi connectivity index (χ0n) is 13.5. The summed E-state index contributed by atoms with van der Waals surface area (Å²) in [5.41, 5.74) is 1.96. The van der Waals surface area contributed by atoms with Crippen molar-refractivity contribution >= 4 is 16.8 Å². The maximum absolute atomic E-state index is 13.0. The lowest BCUT2D eigenvalue weighted by Crippen LogP contribution is -2.44. The molecule has 0 aliphatic carbocycles. The Kier molecular flexibility index (Phi) is 4.09. The van der Waals surface area contributed by atoms with Crippen LogP contribution in [0.4, 0.5) is 0 Å². The van der Waals surface area contributed by atoms with Crippen molar-refractivity contribution < 1.29 is 4.79 Å². The number of fused-ring (bicyclic) bond motifs is 1. The molecule has 4 rings (SSSR count). The van der Waals surface area contributed by atoms with Gasteiger partial charge in [0, 0.05) is 24.3 Å². The van der Waals surface area contributed by atoms with E-state index in [0.29, 0.717) is 5.82 Å². The first-order valence-electron chi connectivity index (χ1n) is 8.43. The highest BCUT2D eigenvalue weighted by atomic mass is 16.1. The third-order valence-corrected chi connectivity index (χ3v) is 4.67. The number of nitrogens with zero attached hydrogens (tertiary/aromatic N) is 3. The van der Waals surface area contributed by atoms with E-state index in [9.17, 15) is 4.79 Å². The third kappa shape index (κ3) is 2.95. The minimum absolute atomic E-state index is 0.0298. The highest BCUT2D eigenvalue weighted by molar-refractivity contribution is 5.98. The Hall–Kier alpha value is -2.53. The van der Waals surface area contributed by atoms with Gasteiger partial charge in [0.05, 0.1) is 6.04 Å². The number of aromatic nitrogens is 3. The average Bonchev–Trinajstić information content (AvgIpc) is 3.10. The molecule has 1 atom stereocenters. The SMILES string of the molecule is O=C(c1ncc2cc[nH]c2n1)C1CCCCN1Cc1ccccc1. The summed E-state index contributed by atoms with van der Waals surface area (Å²) >= 11 is 0. The van der Waals surface area contributed by atoms with Gasteiger partial charge in [-0.05, 0) is 31.0 Å². The molecular weight excluding hydrogens is 300 g/mol. The van der Waals surface area contributed by atoms with E-state index in [2.05, 4.69) is 32.0 Å². The van der Waals surface area contributed by atoms with Crippen molar-refractivity contribution in [3.8, 4) is 0 Å². The second kappa shape index (κ2) is 6.53. The minimum atomic E-state index is -0.133. The summed E-state index contributed by atoms with van der Waals surface area (Å²) in [7, 11) is 0. The van der Waals surface area contributed by atoms with Gasteiger partial charge in [0.2, 0.25) is 5.78 Å². The Morgan fingerprint density at radius 2 is 2.08 bits per heavy atom. The summed E-state index contributed by atoms with van der Waals surface area (Å²) in [6.07, 6.45) is 6.61. The number of H-pyrrole nitrogens is 1. The van der Waals surface area contributed by atoms with Crippen LogP contribution in [0.3, 0.4) is 0 Å². The number of likely N-dealkylation sites (tertiary alicyclic amines) is 1. The van der Waals surface area contributed by atoms with E-state index in [0.717, 1.165) is 43.4 Å². The number of ketones is 1. The molecule has 0 amide bonds. The third-order valence-electron chi connectivity index (χ3n) is 4.67. The first-order chi connectivity index (χ1) is 11.8. The van der Waals surface area contributed by atoms with Crippen molar-refractivity contribution in [1.82, 2.24) is 19.9 Å². The molecule has 5 nitrogen and oxygen atoms in total. The molecule has 5 heteroatoms. The number of carbonyl (C=O) groups excluding carboxylic acids is 1. The quantitative estimate of drug-likeness (QED) is 0.750. The number of rotatable bonds is 4. The molecule has 1 aliphatic heterocycles. The largest absolute Gasteiger partial charge is 0.346 e. The van der Waals surface area contributed by atoms with E-state index >= 15 is 0 Å². The molecule has 1 aliphatic rings. The van der Waals surface area contributed by atoms with Crippen LogP contribution in [-0.4, -0.2) is 38.2 Å². The van der Waals surface area contributed by atoms with Gasteiger partial charge in [0.25, 0.3) is 0 Å². The van der Waals surface area contributed by atoms with Crippen LogP contribution >= 0.6 is 0 Å². The van der Waals surface area contributed by atoms with Gasteiger partial charge in [-0.1, -0.05) is 36.8 Å². The second-order valence-electron chi connectivity index (χ2n) is 6.31. The van der Waals surface area contributed by atoms with Gasteiger partial charge in [-0.3, -0.25) is 9.69 Å². The second-order valence-corrected chi connectivity index (χ2v) is 6.31. The maximum Gasteiger partial charge on any atom is 0.217 e. The number of benzene rings is 1. The van der Waals surface area contributed by atoms with Crippen molar-refractivity contribution in [3.05, 3.63) is 60.2 Å². The molecule has 0 bridgehead atoms.